The fourth-order valence-electron chi connectivity index (χ4n) is 1.79. The number of amides is 1. The number of hydrogen-bond acceptors (Lipinski definition) is 1. The summed E-state index contributed by atoms with van der Waals surface area (Å²) in [5.74, 6) is 0.571. The van der Waals surface area contributed by atoms with E-state index in [1.807, 2.05) is 6.92 Å². The molecule has 0 aromatic heterocycles. The van der Waals surface area contributed by atoms with Gasteiger partial charge >= 0.3 is 0 Å². The van der Waals surface area contributed by atoms with Crippen molar-refractivity contribution in [2.75, 3.05) is 0 Å². The summed E-state index contributed by atoms with van der Waals surface area (Å²) in [5.41, 5.74) is 0.787. The van der Waals surface area contributed by atoms with E-state index < -0.39 is 0 Å². The summed E-state index contributed by atoms with van der Waals surface area (Å²) in [7, 11) is 0. The van der Waals surface area contributed by atoms with Gasteiger partial charge in [-0.25, -0.2) is 0 Å². The molecule has 2 rings (SSSR count). The van der Waals surface area contributed by atoms with E-state index in [1.54, 1.807) is 24.3 Å². The molecule has 1 fully saturated rings. The maximum absolute atomic E-state index is 11.7. The average molecular weight is 284 g/mol. The molecule has 4 heteroatoms. The van der Waals surface area contributed by atoms with E-state index in [9.17, 15) is 4.79 Å². The highest BCUT2D eigenvalue weighted by Gasteiger charge is 2.28. The molecular formula is C14H15Cl2NO. The summed E-state index contributed by atoms with van der Waals surface area (Å²) in [6, 6.07) is 5.45. The fraction of sp³-hybridized carbons (Fsp3) is 0.357. The second-order valence-electron chi connectivity index (χ2n) is 4.63. The summed E-state index contributed by atoms with van der Waals surface area (Å²) >= 11 is 11.8. The maximum Gasteiger partial charge on any atom is 0.244 e. The van der Waals surface area contributed by atoms with Crippen molar-refractivity contribution in [3.05, 3.63) is 39.9 Å². The minimum Gasteiger partial charge on any atom is -0.350 e. The Balaban J connectivity index is 1.94. The Hall–Kier alpha value is -0.990. The largest absolute Gasteiger partial charge is 0.350 e. The molecule has 0 bridgehead atoms. The van der Waals surface area contributed by atoms with Crippen LogP contribution in [-0.2, 0) is 4.79 Å². The van der Waals surface area contributed by atoms with Gasteiger partial charge in [-0.2, -0.15) is 0 Å². The first kappa shape index (κ1) is 13.4. The number of halogens is 2. The number of hydrogen-bond donors (Lipinski definition) is 1. The second kappa shape index (κ2) is 5.77. The minimum atomic E-state index is -0.0829. The molecular weight excluding hydrogens is 269 g/mol. The van der Waals surface area contributed by atoms with Crippen LogP contribution in [0.5, 0.6) is 0 Å². The molecule has 1 aliphatic carbocycles. The summed E-state index contributed by atoms with van der Waals surface area (Å²) in [6.07, 6.45) is 5.64. The van der Waals surface area contributed by atoms with Gasteiger partial charge in [0, 0.05) is 22.2 Å². The summed E-state index contributed by atoms with van der Waals surface area (Å²) < 4.78 is 0. The van der Waals surface area contributed by atoms with Gasteiger partial charge in [0.25, 0.3) is 0 Å². The van der Waals surface area contributed by atoms with Crippen molar-refractivity contribution < 1.29 is 4.79 Å². The molecule has 18 heavy (non-hydrogen) atoms. The molecule has 96 valence electrons. The molecule has 1 aliphatic rings. The van der Waals surface area contributed by atoms with Gasteiger partial charge in [-0.05, 0) is 49.5 Å². The molecule has 0 radical (unpaired) electrons. The molecule has 0 unspecified atom stereocenters. The van der Waals surface area contributed by atoms with Crippen molar-refractivity contribution in [3.63, 3.8) is 0 Å². The third kappa shape index (κ3) is 3.76. The molecule has 1 atom stereocenters. The van der Waals surface area contributed by atoms with E-state index in [2.05, 4.69) is 5.32 Å². The first-order valence-corrected chi connectivity index (χ1v) is 6.75. The van der Waals surface area contributed by atoms with Crippen molar-refractivity contribution in [3.8, 4) is 0 Å². The highest BCUT2D eigenvalue weighted by molar-refractivity contribution is 6.35. The molecule has 1 amide bonds. The molecule has 1 aromatic carbocycles. The first-order chi connectivity index (χ1) is 8.56. The predicted molar refractivity (Wildman–Crippen MR) is 75.8 cm³/mol. The Morgan fingerprint density at radius 1 is 1.44 bits per heavy atom. The quantitative estimate of drug-likeness (QED) is 0.834. The van der Waals surface area contributed by atoms with Crippen molar-refractivity contribution in [2.24, 2.45) is 5.92 Å². The number of carbonyl (C=O) groups is 1. The van der Waals surface area contributed by atoms with Gasteiger partial charge in [-0.1, -0.05) is 29.3 Å². The van der Waals surface area contributed by atoms with E-state index in [1.165, 1.54) is 18.9 Å². The zero-order chi connectivity index (χ0) is 13.1. The van der Waals surface area contributed by atoms with Crippen molar-refractivity contribution >= 4 is 35.2 Å². The van der Waals surface area contributed by atoms with Gasteiger partial charge in [-0.15, -0.1) is 0 Å². The molecule has 1 saturated carbocycles. The molecule has 0 spiro atoms. The Morgan fingerprint density at radius 3 is 2.78 bits per heavy atom. The standard InChI is InChI=1S/C14H15Cl2NO/c1-9(10-2-3-10)17-14(18)7-5-11-4-6-12(15)8-13(11)16/h4-10H,2-3H2,1H3,(H,17,18)/b7-5+/t9-/m0/s1. The lowest BCUT2D eigenvalue weighted by molar-refractivity contribution is -0.117. The second-order valence-corrected chi connectivity index (χ2v) is 5.48. The zero-order valence-electron chi connectivity index (χ0n) is 10.1. The molecule has 0 saturated heterocycles. The van der Waals surface area contributed by atoms with E-state index in [0.717, 1.165) is 5.56 Å². The van der Waals surface area contributed by atoms with Gasteiger partial charge in [0.05, 0.1) is 0 Å². The highest BCUT2D eigenvalue weighted by Crippen LogP contribution is 2.32. The minimum absolute atomic E-state index is 0.0829. The predicted octanol–water partition coefficient (Wildman–Crippen LogP) is 3.92. The van der Waals surface area contributed by atoms with Crippen LogP contribution in [0.15, 0.2) is 24.3 Å². The zero-order valence-corrected chi connectivity index (χ0v) is 11.6. The normalized spacial score (nSPS) is 16.8. The smallest absolute Gasteiger partial charge is 0.244 e. The van der Waals surface area contributed by atoms with Gasteiger partial charge in [0.15, 0.2) is 0 Å². The lowest BCUT2D eigenvalue weighted by atomic mass is 10.2. The number of carbonyl (C=O) groups excluding carboxylic acids is 1. The van der Waals surface area contributed by atoms with Crippen LogP contribution in [0.2, 0.25) is 10.0 Å². The first-order valence-electron chi connectivity index (χ1n) is 6.00. The van der Waals surface area contributed by atoms with Crippen LogP contribution in [0.25, 0.3) is 6.08 Å². The maximum atomic E-state index is 11.7. The SMILES string of the molecule is C[C@H](NC(=O)/C=C/c1ccc(Cl)cc1Cl)C1CC1. The lowest BCUT2D eigenvalue weighted by Crippen LogP contribution is -2.32. The average Bonchev–Trinajstić information content (AvgIpc) is 3.11. The van der Waals surface area contributed by atoms with Gasteiger partial charge in [-0.3, -0.25) is 4.79 Å². The summed E-state index contributed by atoms with van der Waals surface area (Å²) in [4.78, 5) is 11.7. The van der Waals surface area contributed by atoms with Gasteiger partial charge < -0.3 is 5.32 Å². The number of benzene rings is 1. The van der Waals surface area contributed by atoms with E-state index in [0.29, 0.717) is 16.0 Å². The Kier molecular flexibility index (Phi) is 4.31. The van der Waals surface area contributed by atoms with Crippen molar-refractivity contribution in [1.82, 2.24) is 5.32 Å². The summed E-state index contributed by atoms with van der Waals surface area (Å²) in [6.45, 7) is 2.04. The Morgan fingerprint density at radius 2 is 2.17 bits per heavy atom. The summed E-state index contributed by atoms with van der Waals surface area (Å²) in [5, 5.41) is 4.08. The van der Waals surface area contributed by atoms with Crippen LogP contribution in [-0.4, -0.2) is 11.9 Å². The van der Waals surface area contributed by atoms with Gasteiger partial charge in [0.1, 0.15) is 0 Å². The Labute approximate surface area is 117 Å². The van der Waals surface area contributed by atoms with E-state index >= 15 is 0 Å². The topological polar surface area (TPSA) is 29.1 Å². The molecule has 0 heterocycles. The third-order valence-corrected chi connectivity index (χ3v) is 3.64. The Bertz CT molecular complexity index is 481. The molecule has 2 nitrogen and oxygen atoms in total. The van der Waals surface area contributed by atoms with E-state index in [4.69, 9.17) is 23.2 Å². The van der Waals surface area contributed by atoms with Gasteiger partial charge in [0.2, 0.25) is 5.91 Å². The van der Waals surface area contributed by atoms with Crippen molar-refractivity contribution in [2.45, 2.75) is 25.8 Å². The fourth-order valence-corrected chi connectivity index (χ4v) is 2.26. The van der Waals surface area contributed by atoms with Crippen LogP contribution in [0.4, 0.5) is 0 Å². The van der Waals surface area contributed by atoms with Crippen LogP contribution in [0.1, 0.15) is 25.3 Å². The number of nitrogens with one attached hydrogen (secondary N) is 1. The highest BCUT2D eigenvalue weighted by atomic mass is 35.5. The molecule has 1 N–H and O–H groups in total. The lowest BCUT2D eigenvalue weighted by Gasteiger charge is -2.10. The molecule has 1 aromatic rings. The third-order valence-electron chi connectivity index (χ3n) is 3.08. The molecule has 0 aliphatic heterocycles. The van der Waals surface area contributed by atoms with Crippen LogP contribution < -0.4 is 5.32 Å². The van der Waals surface area contributed by atoms with Crippen LogP contribution in [0.3, 0.4) is 0 Å². The van der Waals surface area contributed by atoms with Crippen molar-refractivity contribution in [1.29, 1.82) is 0 Å². The number of rotatable bonds is 4. The monoisotopic (exact) mass is 283 g/mol. The van der Waals surface area contributed by atoms with Crippen LogP contribution >= 0.6 is 23.2 Å². The van der Waals surface area contributed by atoms with Crippen LogP contribution in [0, 0.1) is 5.92 Å². The van der Waals surface area contributed by atoms with E-state index in [-0.39, 0.29) is 11.9 Å².